The van der Waals surface area contributed by atoms with Crippen LogP contribution in [0.5, 0.6) is 11.5 Å². The Morgan fingerprint density at radius 2 is 1.59 bits per heavy atom. The van der Waals surface area contributed by atoms with Crippen LogP contribution in [0, 0.1) is 29.6 Å². The van der Waals surface area contributed by atoms with Gasteiger partial charge in [0.25, 0.3) is 0 Å². The van der Waals surface area contributed by atoms with Crippen molar-refractivity contribution in [2.75, 3.05) is 38.5 Å². The number of anilines is 1. The van der Waals surface area contributed by atoms with Crippen LogP contribution in [0.4, 0.5) is 5.69 Å². The molecule has 14 atom stereocenters. The van der Waals surface area contributed by atoms with Crippen molar-refractivity contribution in [3.63, 3.8) is 0 Å². The average molecular weight is 1010 g/mol. The maximum atomic E-state index is 14.7. The fraction of sp³-hybridized carbons (Fsp3) is 0.725. The highest BCUT2D eigenvalue weighted by molar-refractivity contribution is 8.00. The van der Waals surface area contributed by atoms with Crippen molar-refractivity contribution in [3.8, 4) is 11.5 Å². The summed E-state index contributed by atoms with van der Waals surface area (Å²) in [6.45, 7) is 15.8. The molecule has 14 nitrogen and oxygen atoms in total. The molecule has 68 heavy (non-hydrogen) atoms. The first-order valence-corrected chi connectivity index (χ1v) is 26.1. The Morgan fingerprint density at radius 3 is 2.22 bits per heavy atom. The van der Waals surface area contributed by atoms with Gasteiger partial charge in [0.2, 0.25) is 0 Å². The normalized spacial score (nSPS) is 35.3. The largest absolute Gasteiger partial charge is 0.493 e. The minimum Gasteiger partial charge on any atom is -0.493 e. The number of nitrogens with zero attached hydrogens (tertiary/aromatic N) is 2. The van der Waals surface area contributed by atoms with Gasteiger partial charge in [-0.2, -0.15) is 0 Å². The van der Waals surface area contributed by atoms with Crippen molar-refractivity contribution >= 4 is 58.4 Å². The van der Waals surface area contributed by atoms with Crippen molar-refractivity contribution in [1.82, 2.24) is 4.98 Å². The van der Waals surface area contributed by atoms with Crippen LogP contribution in [-0.4, -0.2) is 121 Å². The number of hydrogen-bond donors (Lipinski definition) is 1. The van der Waals surface area contributed by atoms with Crippen molar-refractivity contribution in [3.05, 3.63) is 46.2 Å². The highest BCUT2D eigenvalue weighted by atomic mass is 35.5. The van der Waals surface area contributed by atoms with Crippen LogP contribution in [0.2, 0.25) is 10.0 Å². The number of thioether (sulfide) groups is 1. The molecular formula is C51H74Cl2N2O12S. The number of aliphatic hydroxyl groups is 1. The zero-order valence-corrected chi connectivity index (χ0v) is 44.0. The molecule has 4 heterocycles. The first-order valence-electron chi connectivity index (χ1n) is 24.3. The summed E-state index contributed by atoms with van der Waals surface area (Å²) in [6, 6.07) is 5.82. The molecule has 1 aromatic carbocycles. The molecule has 3 aliphatic heterocycles. The van der Waals surface area contributed by atoms with E-state index >= 15 is 0 Å². The third kappa shape index (κ3) is 12.4. The second-order valence-corrected chi connectivity index (χ2v) is 22.0. The maximum absolute atomic E-state index is 14.7. The highest BCUT2D eigenvalue weighted by Crippen LogP contribution is 2.44. The lowest BCUT2D eigenvalue weighted by atomic mass is 9.74. The zero-order valence-electron chi connectivity index (χ0n) is 41.7. The molecule has 2 aromatic rings. The zero-order chi connectivity index (χ0) is 49.7. The Balaban J connectivity index is 1.29. The number of ether oxygens (including phenoxy) is 8. The summed E-state index contributed by atoms with van der Waals surface area (Å²) >= 11 is 14.8. The van der Waals surface area contributed by atoms with Crippen LogP contribution in [0.3, 0.4) is 0 Å². The summed E-state index contributed by atoms with van der Waals surface area (Å²) in [6.07, 6.45) is 4.03. The number of benzene rings is 1. The molecule has 3 saturated heterocycles. The number of hydrogen-bond acceptors (Lipinski definition) is 15. The predicted octanol–water partition coefficient (Wildman–Crippen LogP) is 9.29. The van der Waals surface area contributed by atoms with E-state index in [-0.39, 0.29) is 24.2 Å². The number of aliphatic hydroxyl groups excluding tert-OH is 1. The molecule has 17 heteroatoms. The van der Waals surface area contributed by atoms with Crippen LogP contribution in [-0.2, 0) is 49.3 Å². The Labute approximate surface area is 417 Å². The number of aromatic nitrogens is 1. The number of cyclic esters (lactones) is 1. The number of ketones is 1. The first-order chi connectivity index (χ1) is 32.3. The van der Waals surface area contributed by atoms with Crippen LogP contribution >= 0.6 is 35.0 Å². The number of methoxy groups -OCH3 is 3. The van der Waals surface area contributed by atoms with E-state index in [1.165, 1.54) is 11.8 Å². The van der Waals surface area contributed by atoms with Gasteiger partial charge in [-0.05, 0) is 90.7 Å². The molecule has 0 amide bonds. The first kappa shape index (κ1) is 54.4. The quantitative estimate of drug-likeness (QED) is 0.168. The van der Waals surface area contributed by atoms with E-state index in [4.69, 9.17) is 61.1 Å². The standard InChI is InChI=1S/C51H74Cl2N2O12S/c1-12-38-45-42(30(4)43(56)28(2)22-50(7,61-10)23-29(3)44(31(5)48(58)65-38)66-41-24-51(8,62-11)47(57)32(6)63-41)46(49(59)67-45)68-20-19-55(27-35-36(52)25-54-26-37(35)53)33-17-18-39(60-9)40(21-33)64-34-15-13-14-16-34/h17-18,21,25-26,28-32,34,38,41-42,44-47,57H,12-16,19-20,22-24,27H2,1-11H3/t28-,29-,30-,31-,32+,38-,41+,42-,44+,45?,46+,47+,50-,51-/m1/s1. The highest BCUT2D eigenvalue weighted by Gasteiger charge is 2.54. The second kappa shape index (κ2) is 23.6. The van der Waals surface area contributed by atoms with E-state index in [1.54, 1.807) is 47.6 Å². The fourth-order valence-corrected chi connectivity index (χ4v) is 12.8. The number of carbonyl (C=O) groups excluding carboxylic acids is 3. The summed E-state index contributed by atoms with van der Waals surface area (Å²) in [5.41, 5.74) is -0.209. The Morgan fingerprint density at radius 1 is 0.897 bits per heavy atom. The number of esters is 2. The minimum atomic E-state index is -0.949. The van der Waals surface area contributed by atoms with E-state index < -0.39 is 88.9 Å². The lowest BCUT2D eigenvalue weighted by Gasteiger charge is -2.46. The van der Waals surface area contributed by atoms with Gasteiger partial charge in [-0.3, -0.25) is 19.4 Å². The number of fused-ring (bicyclic) bond motifs is 1. The summed E-state index contributed by atoms with van der Waals surface area (Å²) in [4.78, 5) is 49.8. The molecule has 0 radical (unpaired) electrons. The van der Waals surface area contributed by atoms with Crippen molar-refractivity contribution < 1.29 is 57.4 Å². The topological polar surface area (TPSA) is 161 Å². The molecule has 1 aromatic heterocycles. The average Bonchev–Trinajstić information content (AvgIpc) is 3.95. The number of pyridine rings is 1. The van der Waals surface area contributed by atoms with Gasteiger partial charge >= 0.3 is 11.9 Å². The van der Waals surface area contributed by atoms with Gasteiger partial charge in [-0.1, -0.05) is 50.9 Å². The predicted molar refractivity (Wildman–Crippen MR) is 263 cm³/mol. The monoisotopic (exact) mass is 1010 g/mol. The Hall–Kier alpha value is -2.89. The number of Topliss-reactive ketones (excluding diaryl/α,β-unsaturated/α-hetero) is 1. The molecule has 0 bridgehead atoms. The molecule has 1 N–H and O–H groups in total. The Kier molecular flexibility index (Phi) is 18.9. The SMILES string of the molecule is CC[C@H]1OC(=O)[C@H](C)[C@@H](O[C@H]2C[C@@](C)(OC)[C@@H](O)[C@H](C)O2)[C@H](C)C[C@](C)(OC)C[C@@H](C)C(=O)[C@H](C)[C@@H]2C1OC(=O)[C@H]2SCCN(Cc1c(Cl)cncc1Cl)c1ccc(OC)c(OC2CCCC2)c1. The van der Waals surface area contributed by atoms with Gasteiger partial charge in [0, 0.05) is 86.9 Å². The molecule has 0 spiro atoms. The number of carbonyl (C=O) groups is 3. The van der Waals surface area contributed by atoms with Crippen LogP contribution in [0.25, 0.3) is 0 Å². The molecule has 380 valence electrons. The third-order valence-electron chi connectivity index (χ3n) is 15.0. The summed E-state index contributed by atoms with van der Waals surface area (Å²) in [5, 5.41) is 11.0. The Bertz CT molecular complexity index is 2030. The van der Waals surface area contributed by atoms with E-state index in [0.29, 0.717) is 65.2 Å². The van der Waals surface area contributed by atoms with E-state index in [2.05, 4.69) is 9.88 Å². The smallest absolute Gasteiger partial charge is 0.319 e. The summed E-state index contributed by atoms with van der Waals surface area (Å²) in [7, 11) is 4.80. The van der Waals surface area contributed by atoms with E-state index in [1.807, 2.05) is 59.7 Å². The number of rotatable bonds is 15. The van der Waals surface area contributed by atoms with Gasteiger partial charge in [0.15, 0.2) is 17.8 Å². The van der Waals surface area contributed by atoms with Gasteiger partial charge in [0.1, 0.15) is 29.3 Å². The van der Waals surface area contributed by atoms with Gasteiger partial charge in [-0.25, -0.2) is 0 Å². The lowest BCUT2D eigenvalue weighted by molar-refractivity contribution is -0.296. The van der Waals surface area contributed by atoms with Crippen molar-refractivity contribution in [2.45, 2.75) is 173 Å². The van der Waals surface area contributed by atoms with Gasteiger partial charge < -0.3 is 47.9 Å². The van der Waals surface area contributed by atoms with E-state index in [9.17, 15) is 19.5 Å². The van der Waals surface area contributed by atoms with E-state index in [0.717, 1.165) is 31.4 Å². The molecule has 4 aliphatic rings. The minimum absolute atomic E-state index is 0.0298. The summed E-state index contributed by atoms with van der Waals surface area (Å²) < 4.78 is 49.7. The lowest BCUT2D eigenvalue weighted by Crippen LogP contribution is -2.57. The number of halogens is 2. The third-order valence-corrected chi connectivity index (χ3v) is 17.0. The molecule has 1 saturated carbocycles. The van der Waals surface area contributed by atoms with Crippen LogP contribution in [0.1, 0.15) is 112 Å². The molecule has 4 fully saturated rings. The van der Waals surface area contributed by atoms with Crippen molar-refractivity contribution in [1.29, 1.82) is 0 Å². The maximum Gasteiger partial charge on any atom is 0.319 e. The summed E-state index contributed by atoms with van der Waals surface area (Å²) in [5.74, 6) is -2.11. The molecule has 6 rings (SSSR count). The molecule has 1 aliphatic carbocycles. The van der Waals surface area contributed by atoms with Crippen LogP contribution < -0.4 is 14.4 Å². The second-order valence-electron chi connectivity index (χ2n) is 20.0. The van der Waals surface area contributed by atoms with Gasteiger partial charge in [0.05, 0.1) is 52.6 Å². The van der Waals surface area contributed by atoms with Crippen LogP contribution in [0.15, 0.2) is 30.6 Å². The molecule has 1 unspecified atom stereocenters. The molecular weight excluding hydrogens is 936 g/mol. The van der Waals surface area contributed by atoms with Crippen molar-refractivity contribution in [2.24, 2.45) is 29.6 Å². The van der Waals surface area contributed by atoms with Gasteiger partial charge in [-0.15, -0.1) is 11.8 Å². The fourth-order valence-electron chi connectivity index (χ4n) is 10.9.